The number of hydrogen-bond donors (Lipinski definition) is 1. The summed E-state index contributed by atoms with van der Waals surface area (Å²) in [6, 6.07) is 0. The zero-order valence-electron chi connectivity index (χ0n) is 13.6. The van der Waals surface area contributed by atoms with Crippen LogP contribution < -0.4 is 5.32 Å². The number of nitrogens with zero attached hydrogens (tertiary/aromatic N) is 1. The molecule has 4 nitrogen and oxygen atoms in total. The second-order valence-electron chi connectivity index (χ2n) is 5.61. The van der Waals surface area contributed by atoms with Gasteiger partial charge in [0.25, 0.3) is 0 Å². The maximum Gasteiger partial charge on any atom is 0.0593 e. The van der Waals surface area contributed by atoms with Gasteiger partial charge in [-0.1, -0.05) is 20.8 Å². The van der Waals surface area contributed by atoms with Crippen LogP contribution in [0.25, 0.3) is 0 Å². The molecule has 0 amide bonds. The van der Waals surface area contributed by atoms with Gasteiger partial charge in [-0.2, -0.15) is 0 Å². The van der Waals surface area contributed by atoms with Crippen molar-refractivity contribution < 1.29 is 9.47 Å². The minimum absolute atomic E-state index is 0.272. The molecule has 0 bridgehead atoms. The molecule has 0 unspecified atom stereocenters. The minimum atomic E-state index is 0.272. The van der Waals surface area contributed by atoms with Gasteiger partial charge in [-0.25, -0.2) is 0 Å². The van der Waals surface area contributed by atoms with E-state index in [9.17, 15) is 0 Å². The van der Waals surface area contributed by atoms with Gasteiger partial charge in [-0.15, -0.1) is 0 Å². The summed E-state index contributed by atoms with van der Waals surface area (Å²) >= 11 is 0. The lowest BCUT2D eigenvalue weighted by Crippen LogP contribution is -2.43. The Morgan fingerprint density at radius 2 is 1.47 bits per heavy atom. The van der Waals surface area contributed by atoms with Gasteiger partial charge in [-0.3, -0.25) is 4.90 Å². The summed E-state index contributed by atoms with van der Waals surface area (Å²) in [5, 5.41) is 3.44. The summed E-state index contributed by atoms with van der Waals surface area (Å²) in [5.74, 6) is 0. The summed E-state index contributed by atoms with van der Waals surface area (Å²) in [7, 11) is 0. The van der Waals surface area contributed by atoms with Gasteiger partial charge < -0.3 is 14.8 Å². The molecule has 0 fully saturated rings. The zero-order valence-corrected chi connectivity index (χ0v) is 13.6. The average molecular weight is 274 g/mol. The third-order valence-corrected chi connectivity index (χ3v) is 3.02. The third-order valence-electron chi connectivity index (χ3n) is 3.02. The topological polar surface area (TPSA) is 33.7 Å². The lowest BCUT2D eigenvalue weighted by Gasteiger charge is -2.33. The van der Waals surface area contributed by atoms with E-state index in [0.717, 1.165) is 59.2 Å². The lowest BCUT2D eigenvalue weighted by molar-refractivity contribution is 0.0651. The molecule has 0 aliphatic heterocycles. The monoisotopic (exact) mass is 274 g/mol. The van der Waals surface area contributed by atoms with E-state index in [-0.39, 0.29) is 5.41 Å². The van der Waals surface area contributed by atoms with Crippen molar-refractivity contribution in [2.75, 3.05) is 59.2 Å². The predicted molar refractivity (Wildman–Crippen MR) is 81.8 cm³/mol. The summed E-state index contributed by atoms with van der Waals surface area (Å²) in [6.45, 7) is 19.2. The van der Waals surface area contributed by atoms with Crippen molar-refractivity contribution in [3.05, 3.63) is 0 Å². The number of rotatable bonds is 13. The van der Waals surface area contributed by atoms with Crippen LogP contribution in [0.1, 0.15) is 34.6 Å². The van der Waals surface area contributed by atoms with Crippen LogP contribution in [0.5, 0.6) is 0 Å². The van der Waals surface area contributed by atoms with Crippen LogP contribution in [-0.4, -0.2) is 64.1 Å². The average Bonchev–Trinajstić information content (AvgIpc) is 2.36. The van der Waals surface area contributed by atoms with Gasteiger partial charge in [0, 0.05) is 39.4 Å². The standard InChI is InChI=1S/C15H34N2O2/c1-6-16-13-15(4,5)14-17(9-11-18-7-2)10-12-19-8-3/h16H,6-14H2,1-5H3. The Hall–Kier alpha value is -0.160. The fourth-order valence-electron chi connectivity index (χ4n) is 2.07. The molecule has 19 heavy (non-hydrogen) atoms. The van der Waals surface area contributed by atoms with E-state index < -0.39 is 0 Å². The Balaban J connectivity index is 4.12. The Kier molecular flexibility index (Phi) is 11.6. The molecule has 0 aliphatic rings. The van der Waals surface area contributed by atoms with E-state index in [1.807, 2.05) is 13.8 Å². The summed E-state index contributed by atoms with van der Waals surface area (Å²) in [5.41, 5.74) is 0.272. The molecule has 0 radical (unpaired) electrons. The highest BCUT2D eigenvalue weighted by Gasteiger charge is 2.21. The molecule has 0 aromatic rings. The van der Waals surface area contributed by atoms with E-state index in [1.54, 1.807) is 0 Å². The molecule has 0 spiro atoms. The number of nitrogens with one attached hydrogen (secondary N) is 1. The van der Waals surface area contributed by atoms with Crippen LogP contribution >= 0.6 is 0 Å². The van der Waals surface area contributed by atoms with Crippen LogP contribution in [0.4, 0.5) is 0 Å². The maximum atomic E-state index is 5.47. The van der Waals surface area contributed by atoms with Crippen LogP contribution in [0.2, 0.25) is 0 Å². The van der Waals surface area contributed by atoms with Gasteiger partial charge in [0.15, 0.2) is 0 Å². The molecular weight excluding hydrogens is 240 g/mol. The molecule has 4 heteroatoms. The zero-order chi connectivity index (χ0) is 14.6. The number of ether oxygens (including phenoxy) is 2. The van der Waals surface area contributed by atoms with Gasteiger partial charge in [0.05, 0.1) is 13.2 Å². The maximum absolute atomic E-state index is 5.47. The van der Waals surface area contributed by atoms with Gasteiger partial charge >= 0.3 is 0 Å². The van der Waals surface area contributed by atoms with Crippen molar-refractivity contribution in [1.29, 1.82) is 0 Å². The van der Waals surface area contributed by atoms with E-state index in [2.05, 4.69) is 31.0 Å². The Bertz CT molecular complexity index is 189. The highest BCUT2D eigenvalue weighted by atomic mass is 16.5. The lowest BCUT2D eigenvalue weighted by atomic mass is 9.92. The Morgan fingerprint density at radius 3 is 1.89 bits per heavy atom. The molecular formula is C15H34N2O2. The molecule has 0 saturated carbocycles. The molecule has 1 N–H and O–H groups in total. The van der Waals surface area contributed by atoms with Gasteiger partial charge in [-0.05, 0) is 25.8 Å². The highest BCUT2D eigenvalue weighted by molar-refractivity contribution is 4.76. The Labute approximate surface area is 119 Å². The van der Waals surface area contributed by atoms with Crippen molar-refractivity contribution >= 4 is 0 Å². The first-order valence-corrected chi connectivity index (χ1v) is 7.64. The first-order valence-electron chi connectivity index (χ1n) is 7.64. The van der Waals surface area contributed by atoms with Crippen LogP contribution in [0.15, 0.2) is 0 Å². The quantitative estimate of drug-likeness (QED) is 0.521. The number of hydrogen-bond acceptors (Lipinski definition) is 4. The van der Waals surface area contributed by atoms with E-state index in [0.29, 0.717) is 0 Å². The first-order chi connectivity index (χ1) is 9.05. The van der Waals surface area contributed by atoms with E-state index in [1.165, 1.54) is 0 Å². The largest absolute Gasteiger partial charge is 0.380 e. The third kappa shape index (κ3) is 11.4. The molecule has 0 atom stereocenters. The molecule has 0 rings (SSSR count). The van der Waals surface area contributed by atoms with Crippen molar-refractivity contribution in [3.63, 3.8) is 0 Å². The Morgan fingerprint density at radius 1 is 0.947 bits per heavy atom. The van der Waals surface area contributed by atoms with E-state index >= 15 is 0 Å². The highest BCUT2D eigenvalue weighted by Crippen LogP contribution is 2.15. The normalized spacial score (nSPS) is 12.3. The fourth-order valence-corrected chi connectivity index (χ4v) is 2.07. The second-order valence-corrected chi connectivity index (χ2v) is 5.61. The molecule has 0 saturated heterocycles. The van der Waals surface area contributed by atoms with Crippen molar-refractivity contribution in [3.8, 4) is 0 Å². The smallest absolute Gasteiger partial charge is 0.0593 e. The summed E-state index contributed by atoms with van der Waals surface area (Å²) in [4.78, 5) is 2.45. The van der Waals surface area contributed by atoms with Crippen molar-refractivity contribution in [1.82, 2.24) is 10.2 Å². The van der Waals surface area contributed by atoms with E-state index in [4.69, 9.17) is 9.47 Å². The van der Waals surface area contributed by atoms with Crippen LogP contribution in [-0.2, 0) is 9.47 Å². The molecule has 116 valence electrons. The minimum Gasteiger partial charge on any atom is -0.380 e. The molecule has 0 heterocycles. The van der Waals surface area contributed by atoms with Crippen LogP contribution in [0.3, 0.4) is 0 Å². The van der Waals surface area contributed by atoms with Crippen molar-refractivity contribution in [2.24, 2.45) is 5.41 Å². The first kappa shape index (κ1) is 18.8. The summed E-state index contributed by atoms with van der Waals surface area (Å²) < 4.78 is 10.9. The molecule has 0 aliphatic carbocycles. The second kappa shape index (κ2) is 11.6. The van der Waals surface area contributed by atoms with Crippen LogP contribution in [0, 0.1) is 5.41 Å². The summed E-state index contributed by atoms with van der Waals surface area (Å²) in [6.07, 6.45) is 0. The fraction of sp³-hybridized carbons (Fsp3) is 1.00. The van der Waals surface area contributed by atoms with Crippen molar-refractivity contribution in [2.45, 2.75) is 34.6 Å². The predicted octanol–water partition coefficient (Wildman–Crippen LogP) is 2.00. The molecule has 0 aromatic carbocycles. The van der Waals surface area contributed by atoms with Gasteiger partial charge in [0.1, 0.15) is 0 Å². The SMILES string of the molecule is CCNCC(C)(C)CN(CCOCC)CCOCC. The molecule has 0 aromatic heterocycles. The van der Waals surface area contributed by atoms with Gasteiger partial charge in [0.2, 0.25) is 0 Å².